The molecule has 2 aromatic heterocycles. The summed E-state index contributed by atoms with van der Waals surface area (Å²) >= 11 is 0. The number of nitrogens with two attached hydrogens (primary N) is 1. The van der Waals surface area contributed by atoms with Crippen LogP contribution in [0, 0.1) is 6.92 Å². The Morgan fingerprint density at radius 2 is 2.07 bits per heavy atom. The Labute approximate surface area is 159 Å². The molecule has 11 heteroatoms. The van der Waals surface area contributed by atoms with Gasteiger partial charge in [0, 0.05) is 12.7 Å². The van der Waals surface area contributed by atoms with E-state index in [0.29, 0.717) is 16.0 Å². The van der Waals surface area contributed by atoms with Gasteiger partial charge in [0.05, 0.1) is 22.2 Å². The molecule has 148 valence electrons. The summed E-state index contributed by atoms with van der Waals surface area (Å²) in [4.78, 5) is 11.7. The normalized spacial score (nSPS) is 12.9. The number of pyridine rings is 1. The second-order valence-corrected chi connectivity index (χ2v) is 7.12. The minimum absolute atomic E-state index is 0.187. The molecule has 1 aromatic carbocycles. The van der Waals surface area contributed by atoms with Crippen molar-refractivity contribution in [3.63, 3.8) is 0 Å². The molecule has 0 aliphatic heterocycles. The highest BCUT2D eigenvalue weighted by Gasteiger charge is 2.31. The Balaban J connectivity index is 1.72. The molecule has 0 bridgehead atoms. The lowest BCUT2D eigenvalue weighted by Gasteiger charge is -2.12. The number of halogens is 3. The molecule has 1 atom stereocenters. The molecule has 28 heavy (non-hydrogen) atoms. The number of hydrogen-bond acceptors (Lipinski definition) is 4. The molecule has 0 saturated carbocycles. The van der Waals surface area contributed by atoms with Gasteiger partial charge in [0.1, 0.15) is 16.7 Å². The molecule has 2 heterocycles. The molecule has 0 spiro atoms. The number of nitrogens with zero attached hydrogens (tertiary/aromatic N) is 2. The van der Waals surface area contributed by atoms with Crippen LogP contribution in [-0.2, 0) is 17.5 Å². The van der Waals surface area contributed by atoms with E-state index >= 15 is 0 Å². The standard InChI is InChI=1S/C17H15F3N4O3S/c1-10-6-12(27-17(18,19)20)2-3-15(10)28(26)23-8-11-4-5-24-14(7-11)13(9-22-24)16(21)25/h2-7,9,23H,8H2,1H3,(H2,21,25). The lowest BCUT2D eigenvalue weighted by molar-refractivity contribution is -0.274. The third kappa shape index (κ3) is 4.49. The smallest absolute Gasteiger partial charge is 0.406 e. The number of ether oxygens (including phenoxy) is 1. The van der Waals surface area contributed by atoms with Crippen LogP contribution in [0.25, 0.3) is 5.52 Å². The molecular weight excluding hydrogens is 397 g/mol. The topological polar surface area (TPSA) is 98.7 Å². The summed E-state index contributed by atoms with van der Waals surface area (Å²) in [6.07, 6.45) is -1.79. The molecule has 0 aliphatic carbocycles. The summed E-state index contributed by atoms with van der Waals surface area (Å²) in [5.41, 5.74) is 7.19. The largest absolute Gasteiger partial charge is 0.573 e. The number of fused-ring (bicyclic) bond motifs is 1. The Morgan fingerprint density at radius 3 is 2.71 bits per heavy atom. The van der Waals surface area contributed by atoms with Crippen LogP contribution >= 0.6 is 0 Å². The van der Waals surface area contributed by atoms with E-state index in [2.05, 4.69) is 14.6 Å². The number of aromatic nitrogens is 2. The molecule has 0 radical (unpaired) electrons. The zero-order chi connectivity index (χ0) is 20.5. The van der Waals surface area contributed by atoms with E-state index in [-0.39, 0.29) is 17.9 Å². The third-order valence-electron chi connectivity index (χ3n) is 3.84. The van der Waals surface area contributed by atoms with Crippen LogP contribution < -0.4 is 15.2 Å². The van der Waals surface area contributed by atoms with E-state index in [4.69, 9.17) is 5.73 Å². The predicted octanol–water partition coefficient (Wildman–Crippen LogP) is 2.45. The van der Waals surface area contributed by atoms with Crippen LogP contribution in [0.3, 0.4) is 0 Å². The number of amides is 1. The van der Waals surface area contributed by atoms with Gasteiger partial charge in [-0.3, -0.25) is 4.79 Å². The van der Waals surface area contributed by atoms with Crippen LogP contribution in [0.2, 0.25) is 0 Å². The highest BCUT2D eigenvalue weighted by atomic mass is 32.2. The molecular formula is C17H15F3N4O3S. The molecule has 3 N–H and O–H groups in total. The number of nitrogens with one attached hydrogen (secondary N) is 1. The van der Waals surface area contributed by atoms with E-state index in [1.165, 1.54) is 29.8 Å². The van der Waals surface area contributed by atoms with Crippen LogP contribution in [0.1, 0.15) is 21.5 Å². The van der Waals surface area contributed by atoms with Crippen molar-refractivity contribution in [1.29, 1.82) is 0 Å². The van der Waals surface area contributed by atoms with Crippen LogP contribution in [0.4, 0.5) is 13.2 Å². The maximum atomic E-state index is 12.5. The number of carbonyl (C=O) groups is 1. The Bertz CT molecular complexity index is 1070. The second kappa shape index (κ2) is 7.60. The molecule has 0 fully saturated rings. The van der Waals surface area contributed by atoms with Gasteiger partial charge in [-0.2, -0.15) is 5.10 Å². The molecule has 0 aliphatic rings. The van der Waals surface area contributed by atoms with Gasteiger partial charge in [0.25, 0.3) is 5.91 Å². The maximum Gasteiger partial charge on any atom is 0.573 e. The second-order valence-electron chi connectivity index (χ2n) is 5.85. The van der Waals surface area contributed by atoms with Crippen molar-refractivity contribution in [2.45, 2.75) is 24.7 Å². The van der Waals surface area contributed by atoms with Crippen LogP contribution in [0.5, 0.6) is 5.75 Å². The maximum absolute atomic E-state index is 12.5. The van der Waals surface area contributed by atoms with Crippen molar-refractivity contribution in [1.82, 2.24) is 14.3 Å². The van der Waals surface area contributed by atoms with Crippen molar-refractivity contribution in [2.75, 3.05) is 0 Å². The lowest BCUT2D eigenvalue weighted by Crippen LogP contribution is -2.19. The van der Waals surface area contributed by atoms with Gasteiger partial charge in [0.2, 0.25) is 0 Å². The lowest BCUT2D eigenvalue weighted by atomic mass is 10.2. The Morgan fingerprint density at radius 1 is 1.32 bits per heavy atom. The molecule has 3 aromatic rings. The van der Waals surface area contributed by atoms with E-state index in [1.807, 2.05) is 0 Å². The number of alkyl halides is 3. The fourth-order valence-corrected chi connectivity index (χ4v) is 3.57. The first-order valence-corrected chi connectivity index (χ1v) is 9.07. The van der Waals surface area contributed by atoms with Gasteiger partial charge in [-0.05, 0) is 48.4 Å². The molecule has 3 rings (SSSR count). The Kier molecular flexibility index (Phi) is 5.38. The zero-order valence-electron chi connectivity index (χ0n) is 14.5. The van der Waals surface area contributed by atoms with Crippen LogP contribution in [-0.4, -0.2) is 26.1 Å². The van der Waals surface area contributed by atoms with Crippen molar-refractivity contribution in [3.05, 3.63) is 59.4 Å². The third-order valence-corrected chi connectivity index (χ3v) is 5.10. The SMILES string of the molecule is Cc1cc(OC(F)(F)F)ccc1S(=O)NCc1ccn2ncc(C(N)=O)c2c1. The van der Waals surface area contributed by atoms with Gasteiger partial charge < -0.3 is 10.5 Å². The van der Waals surface area contributed by atoms with Crippen molar-refractivity contribution in [2.24, 2.45) is 5.73 Å². The van der Waals surface area contributed by atoms with E-state index in [0.717, 1.165) is 11.6 Å². The number of aryl methyl sites for hydroxylation is 1. The fourth-order valence-electron chi connectivity index (χ4n) is 2.58. The minimum atomic E-state index is -4.79. The molecule has 7 nitrogen and oxygen atoms in total. The number of hydrogen-bond donors (Lipinski definition) is 2. The highest BCUT2D eigenvalue weighted by Crippen LogP contribution is 2.25. The summed E-state index contributed by atoms with van der Waals surface area (Å²) in [6, 6.07) is 6.99. The summed E-state index contributed by atoms with van der Waals surface area (Å²) in [6.45, 7) is 1.72. The Hall–Kier alpha value is -2.92. The molecule has 0 saturated heterocycles. The average Bonchev–Trinajstić information content (AvgIpc) is 3.01. The number of carbonyl (C=O) groups excluding carboxylic acids is 1. The average molecular weight is 412 g/mol. The minimum Gasteiger partial charge on any atom is -0.406 e. The predicted molar refractivity (Wildman–Crippen MR) is 94.8 cm³/mol. The van der Waals surface area contributed by atoms with Crippen molar-refractivity contribution < 1.29 is 26.9 Å². The van der Waals surface area contributed by atoms with Crippen LogP contribution in [0.15, 0.2) is 47.6 Å². The fraction of sp³-hybridized carbons (Fsp3) is 0.176. The van der Waals surface area contributed by atoms with E-state index < -0.39 is 23.3 Å². The first kappa shape index (κ1) is 19.8. The monoisotopic (exact) mass is 412 g/mol. The summed E-state index contributed by atoms with van der Waals surface area (Å²) < 4.78 is 57.4. The number of primary amides is 1. The van der Waals surface area contributed by atoms with Gasteiger partial charge in [-0.1, -0.05) is 0 Å². The summed E-state index contributed by atoms with van der Waals surface area (Å²) in [5, 5.41) is 4.01. The van der Waals surface area contributed by atoms with Gasteiger partial charge in [0.15, 0.2) is 0 Å². The van der Waals surface area contributed by atoms with Gasteiger partial charge in [-0.25, -0.2) is 13.4 Å². The van der Waals surface area contributed by atoms with Crippen molar-refractivity contribution >= 4 is 22.4 Å². The quantitative estimate of drug-likeness (QED) is 0.650. The number of rotatable bonds is 6. The summed E-state index contributed by atoms with van der Waals surface area (Å²) in [5.74, 6) is -0.989. The van der Waals surface area contributed by atoms with E-state index in [1.54, 1.807) is 18.3 Å². The van der Waals surface area contributed by atoms with E-state index in [9.17, 15) is 22.2 Å². The van der Waals surface area contributed by atoms with Gasteiger partial charge in [-0.15, -0.1) is 13.2 Å². The molecule has 1 amide bonds. The zero-order valence-corrected chi connectivity index (χ0v) is 15.3. The molecule has 1 unspecified atom stereocenters. The first-order valence-electron chi connectivity index (χ1n) is 7.92. The summed E-state index contributed by atoms with van der Waals surface area (Å²) in [7, 11) is -1.67. The van der Waals surface area contributed by atoms with Crippen molar-refractivity contribution in [3.8, 4) is 5.75 Å². The highest BCUT2D eigenvalue weighted by molar-refractivity contribution is 7.83. The first-order chi connectivity index (χ1) is 13.1. The number of benzene rings is 1. The van der Waals surface area contributed by atoms with Gasteiger partial charge >= 0.3 is 6.36 Å².